The molecule has 35 heavy (non-hydrogen) atoms. The van der Waals surface area contributed by atoms with Crippen LogP contribution in [-0.4, -0.2) is 38.2 Å². The molecule has 0 unspecified atom stereocenters. The van der Waals surface area contributed by atoms with Crippen LogP contribution in [0.2, 0.25) is 0 Å². The van der Waals surface area contributed by atoms with Gasteiger partial charge in [0.2, 0.25) is 0 Å². The highest BCUT2D eigenvalue weighted by atomic mass is 16.5. The quantitative estimate of drug-likeness (QED) is 0.443. The fraction of sp³-hybridized carbons (Fsp3) is 0.296. The molecule has 0 spiro atoms. The van der Waals surface area contributed by atoms with Gasteiger partial charge in [0.05, 0.1) is 37.4 Å². The Bertz CT molecular complexity index is 1140. The van der Waals surface area contributed by atoms with Crippen molar-refractivity contribution in [3.05, 3.63) is 82.2 Å². The molecule has 0 aliphatic carbocycles. The van der Waals surface area contributed by atoms with Crippen molar-refractivity contribution in [3.8, 4) is 11.5 Å². The van der Waals surface area contributed by atoms with Gasteiger partial charge < -0.3 is 24.3 Å². The van der Waals surface area contributed by atoms with Crippen molar-refractivity contribution in [1.82, 2.24) is 5.32 Å². The summed E-state index contributed by atoms with van der Waals surface area (Å²) in [6, 6.07) is 13.4. The van der Waals surface area contributed by atoms with Crippen molar-refractivity contribution in [2.45, 2.75) is 33.6 Å². The number of para-hydroxylation sites is 1. The summed E-state index contributed by atoms with van der Waals surface area (Å²) in [6.07, 6.45) is 0. The molecule has 0 aromatic heterocycles. The molecule has 1 N–H and O–H groups in total. The fourth-order valence-electron chi connectivity index (χ4n) is 3.99. The predicted octanol–water partition coefficient (Wildman–Crippen LogP) is 4.28. The van der Waals surface area contributed by atoms with Gasteiger partial charge in [0.1, 0.15) is 17.1 Å². The normalized spacial score (nSPS) is 13.7. The third kappa shape index (κ3) is 5.54. The maximum absolute atomic E-state index is 12.9. The van der Waals surface area contributed by atoms with Gasteiger partial charge in [0.25, 0.3) is 0 Å². The first-order valence-electron chi connectivity index (χ1n) is 11.3. The molecule has 8 heteroatoms. The van der Waals surface area contributed by atoms with Gasteiger partial charge in [-0.05, 0) is 57.5 Å². The fourth-order valence-corrected chi connectivity index (χ4v) is 3.99. The van der Waals surface area contributed by atoms with Crippen LogP contribution in [0.4, 0.5) is 0 Å². The SMILES string of the molecule is CCOC(=O)C1=C(C)NC(C)=C(C(=O)OCC)C1c1ccc(OC(=O)c2ccccc2OC)cc1. The van der Waals surface area contributed by atoms with Crippen LogP contribution in [0.1, 0.15) is 49.5 Å². The molecular formula is C27H29NO7. The monoisotopic (exact) mass is 479 g/mol. The van der Waals surface area contributed by atoms with E-state index in [9.17, 15) is 14.4 Å². The molecule has 0 radical (unpaired) electrons. The van der Waals surface area contributed by atoms with E-state index < -0.39 is 23.8 Å². The number of ether oxygens (including phenoxy) is 4. The average Bonchev–Trinajstić information content (AvgIpc) is 2.84. The Balaban J connectivity index is 1.97. The molecule has 0 bridgehead atoms. The summed E-state index contributed by atoms with van der Waals surface area (Å²) < 4.78 is 21.3. The lowest BCUT2D eigenvalue weighted by Gasteiger charge is -2.30. The number of dihydropyridines is 1. The van der Waals surface area contributed by atoms with Gasteiger partial charge in [0, 0.05) is 11.4 Å². The Labute approximate surface area is 204 Å². The smallest absolute Gasteiger partial charge is 0.347 e. The molecule has 1 aliphatic rings. The largest absolute Gasteiger partial charge is 0.496 e. The Morgan fingerprint density at radius 1 is 0.800 bits per heavy atom. The molecule has 1 aliphatic heterocycles. The van der Waals surface area contributed by atoms with Crippen LogP contribution >= 0.6 is 0 Å². The van der Waals surface area contributed by atoms with Crippen LogP contribution in [0, 0.1) is 0 Å². The number of hydrogen-bond donors (Lipinski definition) is 1. The van der Waals surface area contributed by atoms with E-state index in [1.54, 1.807) is 76.2 Å². The number of hydrogen-bond acceptors (Lipinski definition) is 8. The number of benzene rings is 2. The van der Waals surface area contributed by atoms with E-state index in [1.807, 2.05) is 0 Å². The summed E-state index contributed by atoms with van der Waals surface area (Å²) in [5, 5.41) is 3.10. The van der Waals surface area contributed by atoms with Gasteiger partial charge in [-0.25, -0.2) is 14.4 Å². The summed E-state index contributed by atoms with van der Waals surface area (Å²) in [5.74, 6) is -1.62. The van der Waals surface area contributed by atoms with Crippen LogP contribution in [0.5, 0.6) is 11.5 Å². The number of nitrogens with one attached hydrogen (secondary N) is 1. The lowest BCUT2D eigenvalue weighted by molar-refractivity contribution is -0.139. The van der Waals surface area contributed by atoms with Crippen LogP contribution < -0.4 is 14.8 Å². The average molecular weight is 480 g/mol. The van der Waals surface area contributed by atoms with Gasteiger partial charge in [-0.15, -0.1) is 0 Å². The van der Waals surface area contributed by atoms with E-state index in [0.717, 1.165) is 0 Å². The molecule has 0 saturated heterocycles. The molecular weight excluding hydrogens is 450 g/mol. The Morgan fingerprint density at radius 3 is 1.86 bits per heavy atom. The highest BCUT2D eigenvalue weighted by Crippen LogP contribution is 2.39. The third-order valence-electron chi connectivity index (χ3n) is 5.50. The number of rotatable bonds is 8. The van der Waals surface area contributed by atoms with E-state index in [1.165, 1.54) is 7.11 Å². The molecule has 184 valence electrons. The first-order chi connectivity index (χ1) is 16.8. The molecule has 1 heterocycles. The summed E-state index contributed by atoms with van der Waals surface area (Å²) in [7, 11) is 1.48. The highest BCUT2D eigenvalue weighted by molar-refractivity contribution is 6.00. The van der Waals surface area contributed by atoms with E-state index in [4.69, 9.17) is 18.9 Å². The Morgan fingerprint density at radius 2 is 1.34 bits per heavy atom. The second-order valence-electron chi connectivity index (χ2n) is 7.74. The van der Waals surface area contributed by atoms with Gasteiger partial charge in [-0.1, -0.05) is 24.3 Å². The van der Waals surface area contributed by atoms with Crippen LogP contribution in [0.15, 0.2) is 71.1 Å². The van der Waals surface area contributed by atoms with E-state index in [2.05, 4.69) is 5.32 Å². The van der Waals surface area contributed by atoms with Gasteiger partial charge in [-0.3, -0.25) is 0 Å². The first-order valence-corrected chi connectivity index (χ1v) is 11.3. The van der Waals surface area contributed by atoms with Crippen LogP contribution in [0.3, 0.4) is 0 Å². The minimum atomic E-state index is -0.715. The van der Waals surface area contributed by atoms with Gasteiger partial charge in [-0.2, -0.15) is 0 Å². The number of carbonyl (C=O) groups excluding carboxylic acids is 3. The van der Waals surface area contributed by atoms with E-state index in [0.29, 0.717) is 45.2 Å². The van der Waals surface area contributed by atoms with Crippen molar-refractivity contribution >= 4 is 17.9 Å². The molecule has 3 rings (SSSR count). The zero-order valence-electron chi connectivity index (χ0n) is 20.5. The van der Waals surface area contributed by atoms with Crippen LogP contribution in [-0.2, 0) is 19.1 Å². The van der Waals surface area contributed by atoms with Crippen molar-refractivity contribution in [1.29, 1.82) is 0 Å². The maximum Gasteiger partial charge on any atom is 0.347 e. The topological polar surface area (TPSA) is 100 Å². The van der Waals surface area contributed by atoms with Crippen molar-refractivity contribution < 1.29 is 33.3 Å². The van der Waals surface area contributed by atoms with Crippen molar-refractivity contribution in [2.24, 2.45) is 0 Å². The maximum atomic E-state index is 12.9. The zero-order valence-corrected chi connectivity index (χ0v) is 20.5. The molecule has 0 amide bonds. The molecule has 0 saturated carbocycles. The summed E-state index contributed by atoms with van der Waals surface area (Å²) >= 11 is 0. The lowest BCUT2D eigenvalue weighted by atomic mass is 9.80. The van der Waals surface area contributed by atoms with Crippen LogP contribution in [0.25, 0.3) is 0 Å². The van der Waals surface area contributed by atoms with Crippen molar-refractivity contribution in [2.75, 3.05) is 20.3 Å². The second kappa shape index (κ2) is 11.4. The lowest BCUT2D eigenvalue weighted by Crippen LogP contribution is -2.32. The third-order valence-corrected chi connectivity index (χ3v) is 5.50. The number of esters is 3. The predicted molar refractivity (Wildman–Crippen MR) is 129 cm³/mol. The molecule has 0 fully saturated rings. The number of carbonyl (C=O) groups is 3. The molecule has 8 nitrogen and oxygen atoms in total. The van der Waals surface area contributed by atoms with Crippen molar-refractivity contribution in [3.63, 3.8) is 0 Å². The zero-order chi connectivity index (χ0) is 25.5. The standard InChI is InChI=1S/C27H29NO7/c1-6-33-26(30)22-16(3)28-17(4)23(27(31)34-7-2)24(22)18-12-14-19(15-13-18)35-25(29)20-10-8-9-11-21(20)32-5/h8-15,24,28H,6-7H2,1-5H3. The molecule has 2 aromatic rings. The Hall–Kier alpha value is -4.07. The highest BCUT2D eigenvalue weighted by Gasteiger charge is 2.37. The Kier molecular flexibility index (Phi) is 8.30. The first kappa shape index (κ1) is 25.6. The summed E-state index contributed by atoms with van der Waals surface area (Å²) in [4.78, 5) is 38.4. The van der Waals surface area contributed by atoms with Gasteiger partial charge >= 0.3 is 17.9 Å². The minimum absolute atomic E-state index is 0.192. The number of allylic oxidation sites excluding steroid dienone is 2. The molecule has 2 aromatic carbocycles. The molecule has 0 atom stereocenters. The second-order valence-corrected chi connectivity index (χ2v) is 7.74. The summed E-state index contributed by atoms with van der Waals surface area (Å²) in [6.45, 7) is 7.34. The number of methoxy groups -OCH3 is 1. The minimum Gasteiger partial charge on any atom is -0.496 e. The van der Waals surface area contributed by atoms with E-state index in [-0.39, 0.29) is 13.2 Å². The van der Waals surface area contributed by atoms with E-state index >= 15 is 0 Å². The van der Waals surface area contributed by atoms with Gasteiger partial charge in [0.15, 0.2) is 0 Å². The summed E-state index contributed by atoms with van der Waals surface area (Å²) in [5.41, 5.74) is 2.76.